The monoisotopic (exact) mass is 246 g/mol. The molecule has 0 bridgehead atoms. The minimum absolute atomic E-state index is 0.0107. The normalized spacial score (nSPS) is 14.4. The first kappa shape index (κ1) is 15.9. The Balaban J connectivity index is 4.01. The standard InChI is InChI=1S/C11H22N2O4/c1-7(2)10(11(15)16)12-5-9(14)13-8(3)6-17-4/h7-8,10,12H,5-6H2,1-4H3,(H,13,14)(H,15,16). The van der Waals surface area contributed by atoms with Crippen LogP contribution in [0.2, 0.25) is 0 Å². The number of aliphatic carboxylic acids is 1. The molecule has 0 aliphatic heterocycles. The van der Waals surface area contributed by atoms with E-state index in [4.69, 9.17) is 9.84 Å². The molecule has 17 heavy (non-hydrogen) atoms. The minimum Gasteiger partial charge on any atom is -0.480 e. The number of hydrogen-bond donors (Lipinski definition) is 3. The zero-order valence-electron chi connectivity index (χ0n) is 10.8. The van der Waals surface area contributed by atoms with Crippen LogP contribution >= 0.6 is 0 Å². The van der Waals surface area contributed by atoms with Crippen molar-refractivity contribution in [2.24, 2.45) is 5.92 Å². The first-order valence-electron chi connectivity index (χ1n) is 5.63. The molecule has 0 aromatic rings. The summed E-state index contributed by atoms with van der Waals surface area (Å²) in [6, 6.07) is -0.796. The van der Waals surface area contributed by atoms with E-state index < -0.39 is 12.0 Å². The van der Waals surface area contributed by atoms with Gasteiger partial charge in [0.2, 0.25) is 5.91 Å². The first-order valence-corrected chi connectivity index (χ1v) is 5.63. The van der Waals surface area contributed by atoms with Crippen molar-refractivity contribution >= 4 is 11.9 Å². The van der Waals surface area contributed by atoms with E-state index >= 15 is 0 Å². The second kappa shape index (κ2) is 8.03. The van der Waals surface area contributed by atoms with Gasteiger partial charge in [-0.3, -0.25) is 14.9 Å². The zero-order chi connectivity index (χ0) is 13.4. The van der Waals surface area contributed by atoms with Gasteiger partial charge < -0.3 is 15.2 Å². The van der Waals surface area contributed by atoms with E-state index in [-0.39, 0.29) is 24.4 Å². The maximum Gasteiger partial charge on any atom is 0.320 e. The lowest BCUT2D eigenvalue weighted by Crippen LogP contribution is -2.47. The molecule has 1 amide bonds. The number of carbonyl (C=O) groups excluding carboxylic acids is 1. The van der Waals surface area contributed by atoms with Crippen LogP contribution in [0.1, 0.15) is 20.8 Å². The number of methoxy groups -OCH3 is 1. The molecule has 0 aromatic heterocycles. The molecule has 0 aliphatic carbocycles. The number of amides is 1. The second-order valence-corrected chi connectivity index (χ2v) is 4.36. The molecular weight excluding hydrogens is 224 g/mol. The zero-order valence-corrected chi connectivity index (χ0v) is 10.8. The van der Waals surface area contributed by atoms with Crippen molar-refractivity contribution < 1.29 is 19.4 Å². The molecule has 0 aromatic carbocycles. The van der Waals surface area contributed by atoms with Crippen molar-refractivity contribution in [2.45, 2.75) is 32.9 Å². The molecular formula is C11H22N2O4. The van der Waals surface area contributed by atoms with Crippen LogP contribution in [0.5, 0.6) is 0 Å². The number of carboxylic acids is 1. The summed E-state index contributed by atoms with van der Waals surface area (Å²) < 4.78 is 4.88. The van der Waals surface area contributed by atoms with E-state index in [0.717, 1.165) is 0 Å². The molecule has 2 unspecified atom stereocenters. The minimum atomic E-state index is -0.947. The quantitative estimate of drug-likeness (QED) is 0.554. The Hall–Kier alpha value is -1.14. The fraction of sp³-hybridized carbons (Fsp3) is 0.818. The fourth-order valence-corrected chi connectivity index (χ4v) is 1.43. The van der Waals surface area contributed by atoms with E-state index in [1.54, 1.807) is 21.0 Å². The van der Waals surface area contributed by atoms with Crippen LogP contribution in [0.15, 0.2) is 0 Å². The number of ether oxygens (including phenoxy) is 1. The molecule has 0 fully saturated rings. The van der Waals surface area contributed by atoms with Crippen molar-refractivity contribution in [3.8, 4) is 0 Å². The van der Waals surface area contributed by atoms with Gasteiger partial charge in [-0.1, -0.05) is 13.8 Å². The Morgan fingerprint density at radius 3 is 2.29 bits per heavy atom. The summed E-state index contributed by atoms with van der Waals surface area (Å²) in [5, 5.41) is 14.3. The predicted octanol–water partition coefficient (Wildman–Crippen LogP) is -0.164. The highest BCUT2D eigenvalue weighted by molar-refractivity contribution is 5.80. The molecule has 0 spiro atoms. The molecule has 0 rings (SSSR count). The highest BCUT2D eigenvalue weighted by Gasteiger charge is 2.21. The van der Waals surface area contributed by atoms with Gasteiger partial charge in [0, 0.05) is 13.2 Å². The molecule has 2 atom stereocenters. The summed E-state index contributed by atoms with van der Waals surface area (Å²) in [6.07, 6.45) is 0. The molecule has 0 heterocycles. The molecule has 100 valence electrons. The Bertz CT molecular complexity index is 256. The summed E-state index contributed by atoms with van der Waals surface area (Å²) in [6.45, 7) is 5.81. The van der Waals surface area contributed by atoms with Crippen molar-refractivity contribution in [1.29, 1.82) is 0 Å². The topological polar surface area (TPSA) is 87.7 Å². The Morgan fingerprint density at radius 2 is 1.88 bits per heavy atom. The summed E-state index contributed by atoms with van der Waals surface area (Å²) in [4.78, 5) is 22.3. The Morgan fingerprint density at radius 1 is 1.29 bits per heavy atom. The van der Waals surface area contributed by atoms with Crippen LogP contribution in [0.3, 0.4) is 0 Å². The van der Waals surface area contributed by atoms with E-state index in [0.29, 0.717) is 6.61 Å². The van der Waals surface area contributed by atoms with Crippen LogP contribution in [-0.2, 0) is 14.3 Å². The molecule has 3 N–H and O–H groups in total. The molecule has 0 radical (unpaired) electrons. The fourth-order valence-electron chi connectivity index (χ4n) is 1.43. The van der Waals surface area contributed by atoms with E-state index in [1.165, 1.54) is 0 Å². The van der Waals surface area contributed by atoms with Gasteiger partial charge >= 0.3 is 5.97 Å². The number of carbonyl (C=O) groups is 2. The van der Waals surface area contributed by atoms with Gasteiger partial charge in [-0.2, -0.15) is 0 Å². The summed E-state index contributed by atoms with van der Waals surface area (Å²) in [5.41, 5.74) is 0. The van der Waals surface area contributed by atoms with Gasteiger partial charge in [0.05, 0.1) is 13.2 Å². The third-order valence-corrected chi connectivity index (χ3v) is 2.24. The predicted molar refractivity (Wildman–Crippen MR) is 63.7 cm³/mol. The highest BCUT2D eigenvalue weighted by Crippen LogP contribution is 2.00. The van der Waals surface area contributed by atoms with Crippen LogP contribution < -0.4 is 10.6 Å². The van der Waals surface area contributed by atoms with Gasteiger partial charge in [-0.15, -0.1) is 0 Å². The number of rotatable bonds is 8. The van der Waals surface area contributed by atoms with E-state index in [2.05, 4.69) is 10.6 Å². The number of nitrogens with one attached hydrogen (secondary N) is 2. The Labute approximate surface area is 102 Å². The van der Waals surface area contributed by atoms with Gasteiger partial charge in [0.1, 0.15) is 6.04 Å². The smallest absolute Gasteiger partial charge is 0.320 e. The van der Waals surface area contributed by atoms with Crippen molar-refractivity contribution in [2.75, 3.05) is 20.3 Å². The molecule has 6 nitrogen and oxygen atoms in total. The third-order valence-electron chi connectivity index (χ3n) is 2.24. The second-order valence-electron chi connectivity index (χ2n) is 4.36. The molecule has 6 heteroatoms. The lowest BCUT2D eigenvalue weighted by atomic mass is 10.1. The number of carboxylic acid groups (broad SMARTS) is 1. The summed E-state index contributed by atoms with van der Waals surface area (Å²) in [5.74, 6) is -1.25. The van der Waals surface area contributed by atoms with Crippen molar-refractivity contribution in [1.82, 2.24) is 10.6 Å². The van der Waals surface area contributed by atoms with Gasteiger partial charge in [-0.25, -0.2) is 0 Å². The van der Waals surface area contributed by atoms with Gasteiger partial charge in [-0.05, 0) is 12.8 Å². The van der Waals surface area contributed by atoms with Crippen LogP contribution in [0.4, 0.5) is 0 Å². The van der Waals surface area contributed by atoms with Crippen LogP contribution in [0.25, 0.3) is 0 Å². The van der Waals surface area contributed by atoms with Gasteiger partial charge in [0.25, 0.3) is 0 Å². The summed E-state index contributed by atoms with van der Waals surface area (Å²) >= 11 is 0. The first-order chi connectivity index (χ1) is 7.88. The molecule has 0 saturated heterocycles. The van der Waals surface area contributed by atoms with Crippen LogP contribution in [-0.4, -0.2) is 49.3 Å². The third kappa shape index (κ3) is 6.91. The Kier molecular flexibility index (Phi) is 7.49. The van der Waals surface area contributed by atoms with Crippen molar-refractivity contribution in [3.05, 3.63) is 0 Å². The lowest BCUT2D eigenvalue weighted by Gasteiger charge is -2.18. The lowest BCUT2D eigenvalue weighted by molar-refractivity contribution is -0.140. The number of hydrogen-bond acceptors (Lipinski definition) is 4. The maximum atomic E-state index is 11.5. The van der Waals surface area contributed by atoms with Crippen molar-refractivity contribution in [3.63, 3.8) is 0 Å². The van der Waals surface area contributed by atoms with E-state index in [9.17, 15) is 9.59 Å². The van der Waals surface area contributed by atoms with Crippen LogP contribution in [0, 0.1) is 5.92 Å². The average Bonchev–Trinajstić information content (AvgIpc) is 2.16. The highest BCUT2D eigenvalue weighted by atomic mass is 16.5. The van der Waals surface area contributed by atoms with Gasteiger partial charge in [0.15, 0.2) is 0 Å². The average molecular weight is 246 g/mol. The molecule has 0 saturated carbocycles. The maximum absolute atomic E-state index is 11.5. The largest absolute Gasteiger partial charge is 0.480 e. The summed E-state index contributed by atoms with van der Waals surface area (Å²) in [7, 11) is 1.56. The SMILES string of the molecule is COCC(C)NC(=O)CNC(C(=O)O)C(C)C. The molecule has 0 aliphatic rings. The van der Waals surface area contributed by atoms with E-state index in [1.807, 2.05) is 6.92 Å².